The van der Waals surface area contributed by atoms with Gasteiger partial charge in [-0.2, -0.15) is 0 Å². The van der Waals surface area contributed by atoms with Crippen molar-refractivity contribution in [1.29, 1.82) is 0 Å². The summed E-state index contributed by atoms with van der Waals surface area (Å²) >= 11 is 0. The van der Waals surface area contributed by atoms with Gasteiger partial charge in [0, 0.05) is 46.0 Å². The summed E-state index contributed by atoms with van der Waals surface area (Å²) in [5.41, 5.74) is 18.0. The minimum atomic E-state index is 0.266. The lowest BCUT2D eigenvalue weighted by atomic mass is 9.91. The zero-order valence-corrected chi connectivity index (χ0v) is 27.4. The number of hydrogen-bond acceptors (Lipinski definition) is 4. The second-order valence-corrected chi connectivity index (χ2v) is 12.9. The Balaban J connectivity index is 1.22. The van der Waals surface area contributed by atoms with Crippen molar-refractivity contribution in [1.82, 2.24) is 19.1 Å². The van der Waals surface area contributed by atoms with Crippen LogP contribution in [0.3, 0.4) is 0 Å². The van der Waals surface area contributed by atoms with E-state index in [1.807, 2.05) is 65.4 Å². The van der Waals surface area contributed by atoms with Gasteiger partial charge in [0.05, 0.1) is 50.7 Å². The number of allylic oxidation sites excluding steroid dienone is 4. The first-order valence-corrected chi connectivity index (χ1v) is 17.0. The number of fused-ring (bicyclic) bond motifs is 9. The van der Waals surface area contributed by atoms with E-state index in [0.717, 1.165) is 78.3 Å². The highest BCUT2D eigenvalue weighted by molar-refractivity contribution is 6.26. The molecule has 1 aliphatic carbocycles. The number of benzene rings is 4. The van der Waals surface area contributed by atoms with E-state index in [1.165, 1.54) is 11.6 Å². The van der Waals surface area contributed by atoms with Crippen LogP contribution < -0.4 is 5.73 Å². The molecule has 2 N–H and O–H groups in total. The highest BCUT2D eigenvalue weighted by Gasteiger charge is 2.25. The maximum absolute atomic E-state index is 14.0. The maximum Gasteiger partial charge on any atom is 0.147 e. The fourth-order valence-electron chi connectivity index (χ4n) is 7.89. The van der Waals surface area contributed by atoms with Gasteiger partial charge in [-0.3, -0.25) is 9.97 Å². The van der Waals surface area contributed by atoms with Crippen LogP contribution >= 0.6 is 0 Å². The molecule has 244 valence electrons. The molecule has 51 heavy (non-hydrogen) atoms. The topological polar surface area (TPSA) is 74.8 Å². The molecule has 10 rings (SSSR count). The second-order valence-electron chi connectivity index (χ2n) is 12.9. The van der Waals surface area contributed by atoms with Gasteiger partial charge in [0.15, 0.2) is 0 Å². The van der Waals surface area contributed by atoms with E-state index in [9.17, 15) is 4.39 Å². The number of hydrogen-bond donors (Lipinski definition) is 1. The molecular weight excluding hydrogens is 634 g/mol. The number of aromatic nitrogens is 4. The minimum Gasteiger partial charge on any atom is -0.454 e. The molecule has 9 aromatic rings. The summed E-state index contributed by atoms with van der Waals surface area (Å²) in [7, 11) is 0. The predicted molar refractivity (Wildman–Crippen MR) is 206 cm³/mol. The SMILES string of the molecule is Nc1c(/C=C\F)n(-c2cccc(-c3ccccn3)c2)c2ccc3c4ccc5c(c6ncccc6n5C5=CC(c6ccccc6)CC=C5)c4oc3c12. The van der Waals surface area contributed by atoms with Gasteiger partial charge < -0.3 is 19.3 Å². The number of rotatable bonds is 5. The highest BCUT2D eigenvalue weighted by atomic mass is 19.1. The van der Waals surface area contributed by atoms with Crippen LogP contribution in [0.2, 0.25) is 0 Å². The molecule has 5 heterocycles. The third-order valence-corrected chi connectivity index (χ3v) is 10.1. The Hall–Kier alpha value is -6.73. The van der Waals surface area contributed by atoms with Gasteiger partial charge >= 0.3 is 0 Å². The number of anilines is 1. The van der Waals surface area contributed by atoms with Gasteiger partial charge in [0.25, 0.3) is 0 Å². The molecule has 0 fully saturated rings. The normalized spacial score (nSPS) is 14.9. The monoisotopic (exact) mass is 663 g/mol. The summed E-state index contributed by atoms with van der Waals surface area (Å²) in [4.78, 5) is 9.43. The smallest absolute Gasteiger partial charge is 0.147 e. The molecule has 0 radical (unpaired) electrons. The van der Waals surface area contributed by atoms with E-state index in [1.54, 1.807) is 6.20 Å². The molecule has 7 heteroatoms. The van der Waals surface area contributed by atoms with Crippen LogP contribution in [0.4, 0.5) is 10.1 Å². The maximum atomic E-state index is 14.0. The molecule has 0 spiro atoms. The Morgan fingerprint density at radius 1 is 0.745 bits per heavy atom. The minimum absolute atomic E-state index is 0.266. The average molecular weight is 664 g/mol. The highest BCUT2D eigenvalue weighted by Crippen LogP contribution is 2.45. The molecule has 1 aliphatic rings. The molecule has 0 amide bonds. The summed E-state index contributed by atoms with van der Waals surface area (Å²) in [5, 5.41) is 3.56. The molecule has 0 saturated carbocycles. The van der Waals surface area contributed by atoms with Crippen molar-refractivity contribution in [3.05, 3.63) is 157 Å². The number of nitrogen functional groups attached to an aromatic ring is 1. The Labute approximate surface area is 291 Å². The van der Waals surface area contributed by atoms with Crippen molar-refractivity contribution in [3.8, 4) is 16.9 Å². The van der Waals surface area contributed by atoms with Crippen LogP contribution in [-0.4, -0.2) is 19.1 Å². The third kappa shape index (κ3) is 4.41. The lowest BCUT2D eigenvalue weighted by molar-refractivity contribution is 0.677. The van der Waals surface area contributed by atoms with Crippen molar-refractivity contribution in [2.24, 2.45) is 0 Å². The zero-order valence-electron chi connectivity index (χ0n) is 27.4. The van der Waals surface area contributed by atoms with Crippen LogP contribution in [-0.2, 0) is 0 Å². The van der Waals surface area contributed by atoms with Gasteiger partial charge in [-0.25, -0.2) is 4.39 Å². The summed E-state index contributed by atoms with van der Waals surface area (Å²) in [6, 6.07) is 37.0. The Kier molecular flexibility index (Phi) is 6.54. The van der Waals surface area contributed by atoms with Gasteiger partial charge in [0.1, 0.15) is 16.7 Å². The van der Waals surface area contributed by atoms with Crippen LogP contribution in [0.1, 0.15) is 23.6 Å². The first kappa shape index (κ1) is 29.2. The van der Waals surface area contributed by atoms with E-state index in [0.29, 0.717) is 23.3 Å². The van der Waals surface area contributed by atoms with Crippen LogP contribution in [0.25, 0.3) is 83.5 Å². The van der Waals surface area contributed by atoms with Crippen LogP contribution in [0.15, 0.2) is 151 Å². The van der Waals surface area contributed by atoms with Gasteiger partial charge in [0.2, 0.25) is 0 Å². The van der Waals surface area contributed by atoms with Crippen LogP contribution in [0, 0.1) is 0 Å². The second kappa shape index (κ2) is 11.4. The molecule has 5 aromatic heterocycles. The van der Waals surface area contributed by atoms with E-state index < -0.39 is 0 Å². The Morgan fingerprint density at radius 3 is 2.33 bits per heavy atom. The number of pyridine rings is 2. The van der Waals surface area contributed by atoms with Crippen molar-refractivity contribution >= 4 is 72.2 Å². The number of nitrogens with two attached hydrogens (primary N) is 1. The molecule has 0 saturated heterocycles. The molecule has 0 aliphatic heterocycles. The lowest BCUT2D eigenvalue weighted by Crippen LogP contribution is -2.03. The summed E-state index contributed by atoms with van der Waals surface area (Å²) in [6.07, 6.45) is 13.3. The molecule has 0 bridgehead atoms. The van der Waals surface area contributed by atoms with E-state index in [2.05, 4.69) is 82.4 Å². The van der Waals surface area contributed by atoms with Gasteiger partial charge in [-0.15, -0.1) is 0 Å². The summed E-state index contributed by atoms with van der Waals surface area (Å²) < 4.78 is 25.2. The largest absolute Gasteiger partial charge is 0.454 e. The fraction of sp³-hybridized carbons (Fsp3) is 0.0455. The molecular formula is C44H30FN5O. The Morgan fingerprint density at radius 2 is 1.53 bits per heavy atom. The average Bonchev–Trinajstić information content (AvgIpc) is 3.83. The standard InChI is InChI=1S/C44H30FN5O/c45-22-21-37-41(46)39-35(49(37)31-14-7-12-29(26-31)34-15-4-5-23-47-34)19-17-32-33-18-20-36-40(44(33)51-43(32)39)42-38(16-8-24-48-42)50(36)30-13-6-11-28(25-30)27-9-2-1-3-10-27/h1-10,12-26,28H,11,46H2/b22-21-. The first-order chi connectivity index (χ1) is 25.2. The zero-order chi connectivity index (χ0) is 34.1. The number of furan rings is 1. The summed E-state index contributed by atoms with van der Waals surface area (Å²) in [6.45, 7) is 0. The molecule has 1 unspecified atom stereocenters. The number of halogens is 1. The summed E-state index contributed by atoms with van der Waals surface area (Å²) in [5.74, 6) is 0.266. The lowest BCUT2D eigenvalue weighted by Gasteiger charge is -2.19. The van der Waals surface area contributed by atoms with E-state index in [4.69, 9.17) is 15.1 Å². The Bertz CT molecular complexity index is 2910. The third-order valence-electron chi connectivity index (χ3n) is 10.1. The first-order valence-electron chi connectivity index (χ1n) is 17.0. The molecule has 6 nitrogen and oxygen atoms in total. The van der Waals surface area contributed by atoms with E-state index in [-0.39, 0.29) is 5.92 Å². The fourth-order valence-corrected chi connectivity index (χ4v) is 7.89. The molecule has 4 aromatic carbocycles. The number of nitrogens with zero attached hydrogens (tertiary/aromatic N) is 4. The predicted octanol–water partition coefficient (Wildman–Crippen LogP) is 11.2. The van der Waals surface area contributed by atoms with E-state index >= 15 is 0 Å². The van der Waals surface area contributed by atoms with Gasteiger partial charge in [-0.1, -0.05) is 60.7 Å². The van der Waals surface area contributed by atoms with Crippen molar-refractivity contribution < 1.29 is 8.81 Å². The van der Waals surface area contributed by atoms with Crippen molar-refractivity contribution in [3.63, 3.8) is 0 Å². The van der Waals surface area contributed by atoms with Crippen LogP contribution in [0.5, 0.6) is 0 Å². The quantitative estimate of drug-likeness (QED) is 0.199. The van der Waals surface area contributed by atoms with Crippen molar-refractivity contribution in [2.45, 2.75) is 12.3 Å². The van der Waals surface area contributed by atoms with Crippen molar-refractivity contribution in [2.75, 3.05) is 5.73 Å². The molecule has 1 atom stereocenters. The van der Waals surface area contributed by atoms with Gasteiger partial charge in [-0.05, 0) is 84.8 Å².